The van der Waals surface area contributed by atoms with Gasteiger partial charge in [0.05, 0.1) is 13.2 Å². The summed E-state index contributed by atoms with van der Waals surface area (Å²) in [4.78, 5) is 26.0. The molecule has 0 aliphatic carbocycles. The minimum absolute atomic E-state index is 0.0832. The Bertz CT molecular complexity index is 1090. The molecule has 33 heavy (non-hydrogen) atoms. The molecule has 0 aliphatic rings. The van der Waals surface area contributed by atoms with Crippen LogP contribution in [0.5, 0.6) is 11.5 Å². The third-order valence-corrected chi connectivity index (χ3v) is 5.59. The van der Waals surface area contributed by atoms with Gasteiger partial charge in [-0.3, -0.25) is 9.59 Å². The van der Waals surface area contributed by atoms with Crippen molar-refractivity contribution < 1.29 is 19.1 Å². The van der Waals surface area contributed by atoms with Gasteiger partial charge in [-0.05, 0) is 67.9 Å². The Kier molecular flexibility index (Phi) is 8.52. The van der Waals surface area contributed by atoms with E-state index in [1.165, 1.54) is 0 Å². The van der Waals surface area contributed by atoms with E-state index in [1.54, 1.807) is 61.7 Å². The maximum atomic E-state index is 13.0. The highest BCUT2D eigenvalue weighted by Gasteiger charge is 2.21. The average molecular weight is 576 g/mol. The Balaban J connectivity index is 1.95. The van der Waals surface area contributed by atoms with E-state index in [0.29, 0.717) is 28.2 Å². The highest BCUT2D eigenvalue weighted by Crippen LogP contribution is 2.31. The summed E-state index contributed by atoms with van der Waals surface area (Å²) in [5.74, 6) is 0.405. The molecule has 0 fully saturated rings. The number of methoxy groups -OCH3 is 1. The Hall–Kier alpha value is -2.84. The van der Waals surface area contributed by atoms with E-state index in [4.69, 9.17) is 9.47 Å². The molecule has 2 N–H and O–H groups in total. The minimum atomic E-state index is -0.816. The van der Waals surface area contributed by atoms with E-state index >= 15 is 0 Å². The van der Waals surface area contributed by atoms with Crippen LogP contribution >= 0.6 is 31.9 Å². The van der Waals surface area contributed by atoms with E-state index in [9.17, 15) is 9.59 Å². The number of carbonyl (C=O) groups excluding carboxylic acids is 2. The zero-order valence-electron chi connectivity index (χ0n) is 18.4. The molecule has 0 saturated heterocycles. The molecule has 3 aromatic carbocycles. The third kappa shape index (κ3) is 6.82. The molecule has 3 aromatic rings. The first kappa shape index (κ1) is 24.8. The molecule has 0 aliphatic heterocycles. The van der Waals surface area contributed by atoms with E-state index < -0.39 is 6.17 Å². The van der Waals surface area contributed by atoms with Crippen LogP contribution in [0.25, 0.3) is 0 Å². The molecule has 8 heteroatoms. The second-order valence-corrected chi connectivity index (χ2v) is 9.31. The lowest BCUT2D eigenvalue weighted by Crippen LogP contribution is -2.41. The van der Waals surface area contributed by atoms with Crippen LogP contribution in [-0.2, 0) is 0 Å². The smallest absolute Gasteiger partial charge is 0.253 e. The lowest BCUT2D eigenvalue weighted by Gasteiger charge is -2.23. The number of ether oxygens (including phenoxy) is 2. The molecule has 2 amide bonds. The number of hydrogen-bond donors (Lipinski definition) is 2. The van der Waals surface area contributed by atoms with Gasteiger partial charge in [0, 0.05) is 20.1 Å². The number of benzene rings is 3. The zero-order chi connectivity index (χ0) is 24.0. The SMILES string of the molecule is COc1ccc(C(NC(=O)c2cccc(Br)c2)NC(=O)c2cccc(Br)c2)cc1OC(C)C. The van der Waals surface area contributed by atoms with E-state index in [2.05, 4.69) is 42.5 Å². The van der Waals surface area contributed by atoms with Gasteiger partial charge in [0.1, 0.15) is 6.17 Å². The van der Waals surface area contributed by atoms with Gasteiger partial charge in [-0.2, -0.15) is 0 Å². The number of rotatable bonds is 8. The van der Waals surface area contributed by atoms with Crippen LogP contribution in [0.2, 0.25) is 0 Å². The molecule has 3 rings (SSSR count). The van der Waals surface area contributed by atoms with Crippen molar-refractivity contribution in [3.63, 3.8) is 0 Å². The van der Waals surface area contributed by atoms with Crippen LogP contribution in [0.15, 0.2) is 75.7 Å². The number of hydrogen-bond acceptors (Lipinski definition) is 4. The summed E-state index contributed by atoms with van der Waals surface area (Å²) in [7, 11) is 1.56. The van der Waals surface area contributed by atoms with E-state index in [1.807, 2.05) is 26.0 Å². The van der Waals surface area contributed by atoms with Gasteiger partial charge < -0.3 is 20.1 Å². The molecule has 172 valence electrons. The largest absolute Gasteiger partial charge is 0.493 e. The summed E-state index contributed by atoms with van der Waals surface area (Å²) in [6, 6.07) is 19.3. The second kappa shape index (κ2) is 11.3. The minimum Gasteiger partial charge on any atom is -0.493 e. The van der Waals surface area contributed by atoms with Crippen LogP contribution in [0.3, 0.4) is 0 Å². The number of carbonyl (C=O) groups is 2. The Labute approximate surface area is 209 Å². The number of nitrogens with one attached hydrogen (secondary N) is 2. The second-order valence-electron chi connectivity index (χ2n) is 7.48. The standard InChI is InChI=1S/C25H24Br2N2O4/c1-15(2)33-22-14-16(10-11-21(22)32-3)23(28-24(30)17-6-4-8-19(26)12-17)29-25(31)18-7-5-9-20(27)13-18/h4-15,23H,1-3H3,(H,28,30)(H,29,31). The highest BCUT2D eigenvalue weighted by atomic mass is 79.9. The quantitative estimate of drug-likeness (QED) is 0.330. The highest BCUT2D eigenvalue weighted by molar-refractivity contribution is 9.10. The van der Waals surface area contributed by atoms with Crippen LogP contribution in [0.4, 0.5) is 0 Å². The number of halogens is 2. The van der Waals surface area contributed by atoms with Gasteiger partial charge in [0.25, 0.3) is 11.8 Å². The Morgan fingerprint density at radius 1 is 0.788 bits per heavy atom. The number of amides is 2. The molecule has 0 radical (unpaired) electrons. The molecule has 0 atom stereocenters. The Morgan fingerprint density at radius 3 is 1.79 bits per heavy atom. The molecule has 6 nitrogen and oxygen atoms in total. The lowest BCUT2D eigenvalue weighted by molar-refractivity contribution is 0.0883. The van der Waals surface area contributed by atoms with Crippen LogP contribution in [0, 0.1) is 0 Å². The van der Waals surface area contributed by atoms with Crippen LogP contribution in [-0.4, -0.2) is 25.0 Å². The van der Waals surface area contributed by atoms with Gasteiger partial charge in [-0.1, -0.05) is 50.1 Å². The molecule has 0 bridgehead atoms. The first-order chi connectivity index (χ1) is 15.8. The fraction of sp³-hybridized carbons (Fsp3) is 0.200. The summed E-state index contributed by atoms with van der Waals surface area (Å²) in [6.07, 6.45) is -0.900. The maximum Gasteiger partial charge on any atom is 0.253 e. The predicted molar refractivity (Wildman–Crippen MR) is 135 cm³/mol. The molecular weight excluding hydrogens is 552 g/mol. The summed E-state index contributed by atoms with van der Waals surface area (Å²) < 4.78 is 12.8. The van der Waals surface area contributed by atoms with Gasteiger partial charge in [0.15, 0.2) is 11.5 Å². The fourth-order valence-electron chi connectivity index (χ4n) is 3.11. The predicted octanol–water partition coefficient (Wildman–Crippen LogP) is 5.87. The van der Waals surface area contributed by atoms with Gasteiger partial charge in [-0.15, -0.1) is 0 Å². The summed E-state index contributed by atoms with van der Waals surface area (Å²) in [5, 5.41) is 5.82. The molecule has 0 unspecified atom stereocenters. The molecule has 0 spiro atoms. The maximum absolute atomic E-state index is 13.0. The van der Waals surface area contributed by atoms with E-state index in [-0.39, 0.29) is 17.9 Å². The van der Waals surface area contributed by atoms with Crippen LogP contribution < -0.4 is 20.1 Å². The Morgan fingerprint density at radius 2 is 1.33 bits per heavy atom. The van der Waals surface area contributed by atoms with Crippen molar-refractivity contribution in [1.29, 1.82) is 0 Å². The van der Waals surface area contributed by atoms with Gasteiger partial charge in [-0.25, -0.2) is 0 Å². The van der Waals surface area contributed by atoms with Gasteiger partial charge >= 0.3 is 0 Å². The average Bonchev–Trinajstić information content (AvgIpc) is 2.78. The van der Waals surface area contributed by atoms with Crippen molar-refractivity contribution in [3.05, 3.63) is 92.4 Å². The lowest BCUT2D eigenvalue weighted by atomic mass is 10.1. The molecule has 0 saturated carbocycles. The third-order valence-electron chi connectivity index (χ3n) is 4.61. The van der Waals surface area contributed by atoms with Crippen LogP contribution in [0.1, 0.15) is 46.3 Å². The normalized spacial score (nSPS) is 10.8. The van der Waals surface area contributed by atoms with Crippen molar-refractivity contribution >= 4 is 43.7 Å². The first-order valence-electron chi connectivity index (χ1n) is 10.2. The molecule has 0 heterocycles. The van der Waals surface area contributed by atoms with Crippen molar-refractivity contribution in [2.45, 2.75) is 26.1 Å². The van der Waals surface area contributed by atoms with Crippen molar-refractivity contribution in [1.82, 2.24) is 10.6 Å². The van der Waals surface area contributed by atoms with Gasteiger partial charge in [0.2, 0.25) is 0 Å². The summed E-state index contributed by atoms with van der Waals surface area (Å²) >= 11 is 6.77. The summed E-state index contributed by atoms with van der Waals surface area (Å²) in [6.45, 7) is 3.82. The van der Waals surface area contributed by atoms with Crippen molar-refractivity contribution in [2.24, 2.45) is 0 Å². The first-order valence-corrected chi connectivity index (χ1v) is 11.8. The topological polar surface area (TPSA) is 76.7 Å². The zero-order valence-corrected chi connectivity index (χ0v) is 21.6. The molecular formula is C25H24Br2N2O4. The van der Waals surface area contributed by atoms with Crippen molar-refractivity contribution in [2.75, 3.05) is 7.11 Å². The fourth-order valence-corrected chi connectivity index (χ4v) is 3.91. The summed E-state index contributed by atoms with van der Waals surface area (Å²) in [5.41, 5.74) is 1.55. The van der Waals surface area contributed by atoms with Crippen molar-refractivity contribution in [3.8, 4) is 11.5 Å². The van der Waals surface area contributed by atoms with E-state index in [0.717, 1.165) is 8.95 Å². The molecule has 0 aromatic heterocycles. The monoisotopic (exact) mass is 574 g/mol.